The van der Waals surface area contributed by atoms with Gasteiger partial charge in [-0.1, -0.05) is 24.0 Å². The zero-order valence-electron chi connectivity index (χ0n) is 17.2. The molecule has 10 nitrogen and oxygen atoms in total. The van der Waals surface area contributed by atoms with E-state index in [4.69, 9.17) is 26.5 Å². The first-order valence-corrected chi connectivity index (χ1v) is 12.5. The Labute approximate surface area is 198 Å². The number of hydrogen-bond acceptors (Lipinski definition) is 9. The standard InChI is InChI=1S/C18H14N2O6S3.C2H4O2/c21-17-16(28-18(27)19(17)13-7-8-29(24,25)10-13)9-14-5-6-15(26-14)11-1-3-12(4-2-11)20(22)23;1-2(3)4/h1-6,9,13H,7-8,10H2;1H3,(H,3,4)/b16-9+;. The number of carbonyl (C=O) groups excluding carboxylic acids is 1. The van der Waals surface area contributed by atoms with Crippen LogP contribution in [0.1, 0.15) is 19.1 Å². The highest BCUT2D eigenvalue weighted by Gasteiger charge is 2.42. The molecule has 1 N–H and O–H groups in total. The van der Waals surface area contributed by atoms with E-state index in [1.165, 1.54) is 17.0 Å². The summed E-state index contributed by atoms with van der Waals surface area (Å²) in [6, 6.07) is 8.91. The number of benzene rings is 1. The van der Waals surface area contributed by atoms with Gasteiger partial charge in [-0.15, -0.1) is 0 Å². The summed E-state index contributed by atoms with van der Waals surface area (Å²) >= 11 is 6.40. The summed E-state index contributed by atoms with van der Waals surface area (Å²) in [5, 5.41) is 18.2. The summed E-state index contributed by atoms with van der Waals surface area (Å²) in [6.07, 6.45) is 1.95. The van der Waals surface area contributed by atoms with Crippen molar-refractivity contribution >= 4 is 61.8 Å². The topological polar surface area (TPSA) is 148 Å². The monoisotopic (exact) mass is 510 g/mol. The van der Waals surface area contributed by atoms with Gasteiger partial charge in [0.2, 0.25) is 0 Å². The van der Waals surface area contributed by atoms with E-state index in [9.17, 15) is 23.3 Å². The third kappa shape index (κ3) is 6.06. The minimum absolute atomic E-state index is 0.0156. The highest BCUT2D eigenvalue weighted by atomic mass is 32.2. The molecule has 2 aliphatic heterocycles. The molecule has 1 atom stereocenters. The smallest absolute Gasteiger partial charge is 0.300 e. The third-order valence-corrected chi connectivity index (χ3v) is 7.74. The predicted octanol–water partition coefficient (Wildman–Crippen LogP) is 3.33. The number of nitrogens with zero attached hydrogens (tertiary/aromatic N) is 2. The molecule has 0 spiro atoms. The first kappa shape index (κ1) is 24.6. The molecule has 0 bridgehead atoms. The van der Waals surface area contributed by atoms with Gasteiger partial charge in [0, 0.05) is 30.7 Å². The molecular weight excluding hydrogens is 492 g/mol. The Morgan fingerprint density at radius 3 is 2.48 bits per heavy atom. The van der Waals surface area contributed by atoms with E-state index in [1.807, 2.05) is 0 Å². The van der Waals surface area contributed by atoms with Crippen molar-refractivity contribution in [3.8, 4) is 11.3 Å². The van der Waals surface area contributed by atoms with E-state index < -0.39 is 26.8 Å². The summed E-state index contributed by atoms with van der Waals surface area (Å²) in [6.45, 7) is 1.08. The zero-order chi connectivity index (χ0) is 24.3. The number of thiocarbonyl (C=S) groups is 1. The highest BCUT2D eigenvalue weighted by molar-refractivity contribution is 8.26. The van der Waals surface area contributed by atoms with Crippen LogP contribution < -0.4 is 0 Å². The maximum Gasteiger partial charge on any atom is 0.300 e. The lowest BCUT2D eigenvalue weighted by Crippen LogP contribution is -2.39. The number of aliphatic carboxylic acids is 1. The van der Waals surface area contributed by atoms with Crippen LogP contribution in [0.5, 0.6) is 0 Å². The van der Waals surface area contributed by atoms with Gasteiger partial charge in [0.25, 0.3) is 17.6 Å². The van der Waals surface area contributed by atoms with Gasteiger partial charge >= 0.3 is 0 Å². The first-order chi connectivity index (χ1) is 15.5. The van der Waals surface area contributed by atoms with Crippen LogP contribution >= 0.6 is 24.0 Å². The van der Waals surface area contributed by atoms with Crippen LogP contribution in [0.25, 0.3) is 17.4 Å². The minimum Gasteiger partial charge on any atom is -0.481 e. The Hall–Kier alpha value is -3.03. The molecule has 1 aromatic heterocycles. The lowest BCUT2D eigenvalue weighted by atomic mass is 10.1. The molecular formula is C20H18N2O8S3. The molecule has 13 heteroatoms. The molecule has 2 aromatic rings. The maximum atomic E-state index is 12.7. The van der Waals surface area contributed by atoms with Gasteiger partial charge < -0.3 is 9.52 Å². The number of nitro groups is 1. The number of thioether (sulfide) groups is 1. The number of carboxylic acids is 1. The molecule has 1 amide bonds. The van der Waals surface area contributed by atoms with Crippen molar-refractivity contribution in [2.75, 3.05) is 11.5 Å². The second kappa shape index (κ2) is 9.85. The molecule has 33 heavy (non-hydrogen) atoms. The number of nitro benzene ring substituents is 1. The van der Waals surface area contributed by atoms with E-state index in [2.05, 4.69) is 0 Å². The van der Waals surface area contributed by atoms with Crippen molar-refractivity contribution in [2.45, 2.75) is 19.4 Å². The molecule has 1 aromatic carbocycles. The van der Waals surface area contributed by atoms with E-state index in [-0.39, 0.29) is 23.1 Å². The number of rotatable bonds is 4. The quantitative estimate of drug-likeness (QED) is 0.281. The van der Waals surface area contributed by atoms with Gasteiger partial charge in [-0.2, -0.15) is 0 Å². The fourth-order valence-electron chi connectivity index (χ4n) is 3.24. The number of furan rings is 1. The average Bonchev–Trinajstić information content (AvgIpc) is 3.40. The number of sulfone groups is 1. The molecule has 0 aliphatic carbocycles. The number of non-ortho nitro benzene ring substituents is 1. The van der Waals surface area contributed by atoms with E-state index in [0.29, 0.717) is 32.7 Å². The molecule has 2 saturated heterocycles. The first-order valence-electron chi connectivity index (χ1n) is 9.48. The highest BCUT2D eigenvalue weighted by Crippen LogP contribution is 2.37. The molecule has 1 unspecified atom stereocenters. The van der Waals surface area contributed by atoms with Crippen molar-refractivity contribution in [1.29, 1.82) is 0 Å². The fraction of sp³-hybridized carbons (Fsp3) is 0.250. The van der Waals surface area contributed by atoms with Crippen LogP contribution in [0.4, 0.5) is 5.69 Å². The van der Waals surface area contributed by atoms with E-state index in [1.54, 1.807) is 30.3 Å². The van der Waals surface area contributed by atoms with Crippen LogP contribution in [-0.2, 0) is 19.4 Å². The average molecular weight is 511 g/mol. The summed E-state index contributed by atoms with van der Waals surface area (Å²) in [4.78, 5) is 33.8. The van der Waals surface area contributed by atoms with Crippen LogP contribution in [0.2, 0.25) is 0 Å². The maximum absolute atomic E-state index is 12.7. The Balaban J connectivity index is 0.000000709. The second-order valence-corrected chi connectivity index (χ2v) is 11.0. The largest absolute Gasteiger partial charge is 0.481 e. The van der Waals surface area contributed by atoms with Gasteiger partial charge in [-0.25, -0.2) is 8.42 Å². The fourth-order valence-corrected chi connectivity index (χ4v) is 6.32. The third-order valence-electron chi connectivity index (χ3n) is 4.66. The second-order valence-electron chi connectivity index (χ2n) is 7.13. The number of carbonyl (C=O) groups is 2. The van der Waals surface area contributed by atoms with Crippen molar-refractivity contribution < 1.29 is 32.5 Å². The number of amides is 1. The summed E-state index contributed by atoms with van der Waals surface area (Å²) in [7, 11) is -3.13. The Morgan fingerprint density at radius 2 is 1.94 bits per heavy atom. The molecule has 3 heterocycles. The predicted molar refractivity (Wildman–Crippen MR) is 126 cm³/mol. The lowest BCUT2D eigenvalue weighted by Gasteiger charge is -2.20. The van der Waals surface area contributed by atoms with Gasteiger partial charge in [0.05, 0.1) is 27.4 Å². The van der Waals surface area contributed by atoms with Crippen LogP contribution in [0, 0.1) is 10.1 Å². The summed E-state index contributed by atoms with van der Waals surface area (Å²) < 4.78 is 29.5. The van der Waals surface area contributed by atoms with Crippen LogP contribution in [0.3, 0.4) is 0 Å². The van der Waals surface area contributed by atoms with E-state index >= 15 is 0 Å². The number of carboxylic acid groups (broad SMARTS) is 1. The molecule has 2 aliphatic rings. The van der Waals surface area contributed by atoms with Gasteiger partial charge in [-0.3, -0.25) is 24.6 Å². The van der Waals surface area contributed by atoms with Crippen LogP contribution in [-0.4, -0.2) is 57.1 Å². The normalized spacial score (nSPS) is 20.6. The molecule has 4 rings (SSSR count). The lowest BCUT2D eigenvalue weighted by molar-refractivity contribution is -0.384. The Morgan fingerprint density at radius 1 is 1.30 bits per heavy atom. The summed E-state index contributed by atoms with van der Waals surface area (Å²) in [5.41, 5.74) is 0.650. The Kier molecular flexibility index (Phi) is 7.34. The zero-order valence-corrected chi connectivity index (χ0v) is 19.6. The SMILES string of the molecule is CC(=O)O.O=C1/C(=C\c2ccc(-c3ccc([N+](=O)[O-])cc3)o2)SC(=S)N1C1CCS(=O)(=O)C1. The summed E-state index contributed by atoms with van der Waals surface area (Å²) in [5.74, 6) is -0.237. The Bertz CT molecular complexity index is 1240. The van der Waals surface area contributed by atoms with Crippen molar-refractivity contribution in [3.63, 3.8) is 0 Å². The molecule has 0 saturated carbocycles. The minimum atomic E-state index is -3.13. The van der Waals surface area contributed by atoms with Crippen molar-refractivity contribution in [3.05, 3.63) is 57.2 Å². The van der Waals surface area contributed by atoms with Gasteiger partial charge in [0.1, 0.15) is 15.8 Å². The van der Waals surface area contributed by atoms with Crippen LogP contribution in [0.15, 0.2) is 45.7 Å². The van der Waals surface area contributed by atoms with Gasteiger partial charge in [-0.05, 0) is 30.7 Å². The van der Waals surface area contributed by atoms with Crippen molar-refractivity contribution in [1.82, 2.24) is 4.90 Å². The molecule has 0 radical (unpaired) electrons. The molecule has 174 valence electrons. The van der Waals surface area contributed by atoms with Crippen molar-refractivity contribution in [2.24, 2.45) is 0 Å². The molecule has 2 fully saturated rings. The van der Waals surface area contributed by atoms with Gasteiger partial charge in [0.15, 0.2) is 9.84 Å². The van der Waals surface area contributed by atoms with E-state index in [0.717, 1.165) is 18.7 Å². The number of hydrogen-bond donors (Lipinski definition) is 1.